The molecular weight excluding hydrogens is 377 g/mol. The molecule has 0 aliphatic carbocycles. The number of carbonyl (C=O) groups excluding carboxylic acids is 1. The van der Waals surface area contributed by atoms with E-state index in [1.165, 1.54) is 5.69 Å². The highest BCUT2D eigenvalue weighted by atomic mass is 79.9. The molecule has 3 N–H and O–H groups in total. The van der Waals surface area contributed by atoms with Gasteiger partial charge >= 0.3 is 0 Å². The standard InChI is InChI=1S/C14H20BrN3O.2ClH/c1-10(16)14(19)17-8-11-5-6-18(9-11)13-4-2-3-12(15)7-13;;/h2-4,7,10-11H,5-6,8-9,16H2,1H3,(H,17,19);2*1H/t10-,11?;;/m1../s1. The zero-order valence-electron chi connectivity index (χ0n) is 11.9. The maximum atomic E-state index is 11.4. The van der Waals surface area contributed by atoms with E-state index in [-0.39, 0.29) is 30.7 Å². The maximum absolute atomic E-state index is 11.4. The monoisotopic (exact) mass is 397 g/mol. The van der Waals surface area contributed by atoms with Crippen LogP contribution in [0.4, 0.5) is 5.69 Å². The molecule has 1 aromatic rings. The fourth-order valence-electron chi connectivity index (χ4n) is 2.31. The Hall–Kier alpha value is -0.490. The molecule has 1 heterocycles. The van der Waals surface area contributed by atoms with Crippen LogP contribution in [-0.2, 0) is 4.79 Å². The molecule has 1 amide bonds. The Labute approximate surface area is 146 Å². The summed E-state index contributed by atoms with van der Waals surface area (Å²) in [6, 6.07) is 7.89. The van der Waals surface area contributed by atoms with Crippen LogP contribution in [0.1, 0.15) is 13.3 Å². The second kappa shape index (κ2) is 9.51. The number of carbonyl (C=O) groups is 1. The number of rotatable bonds is 4. The first-order chi connectivity index (χ1) is 9.06. The van der Waals surface area contributed by atoms with Gasteiger partial charge in [0.2, 0.25) is 5.91 Å². The molecule has 7 heteroatoms. The first kappa shape index (κ1) is 20.5. The van der Waals surface area contributed by atoms with Crippen LogP contribution >= 0.6 is 40.7 Å². The Bertz CT molecular complexity index is 460. The van der Waals surface area contributed by atoms with Gasteiger partial charge < -0.3 is 16.0 Å². The molecule has 1 fully saturated rings. The minimum atomic E-state index is -0.428. The summed E-state index contributed by atoms with van der Waals surface area (Å²) in [7, 11) is 0. The molecule has 1 aromatic carbocycles. The third-order valence-corrected chi connectivity index (χ3v) is 3.93. The van der Waals surface area contributed by atoms with Crippen LogP contribution in [0.5, 0.6) is 0 Å². The van der Waals surface area contributed by atoms with Gasteiger partial charge in [-0.05, 0) is 37.5 Å². The van der Waals surface area contributed by atoms with Crippen molar-refractivity contribution in [2.75, 3.05) is 24.5 Å². The summed E-state index contributed by atoms with van der Waals surface area (Å²) in [6.07, 6.45) is 1.10. The second-order valence-corrected chi connectivity index (χ2v) is 6.03. The van der Waals surface area contributed by atoms with Gasteiger partial charge in [0.15, 0.2) is 0 Å². The van der Waals surface area contributed by atoms with Crippen LogP contribution in [0.3, 0.4) is 0 Å². The molecule has 1 saturated heterocycles. The Balaban J connectivity index is 0.00000200. The van der Waals surface area contributed by atoms with Crippen molar-refractivity contribution < 1.29 is 4.79 Å². The summed E-state index contributed by atoms with van der Waals surface area (Å²) in [5.41, 5.74) is 6.76. The fraction of sp³-hybridized carbons (Fsp3) is 0.500. The van der Waals surface area contributed by atoms with Crippen molar-refractivity contribution in [3.8, 4) is 0 Å². The lowest BCUT2D eigenvalue weighted by molar-refractivity contribution is -0.122. The number of anilines is 1. The van der Waals surface area contributed by atoms with E-state index in [1.807, 2.05) is 12.1 Å². The van der Waals surface area contributed by atoms with Gasteiger partial charge in [-0.2, -0.15) is 0 Å². The van der Waals surface area contributed by atoms with Gasteiger partial charge in [0.05, 0.1) is 6.04 Å². The SMILES string of the molecule is C[C@@H](N)C(=O)NCC1CCN(c2cccc(Br)c2)C1.Cl.Cl. The molecule has 4 nitrogen and oxygen atoms in total. The van der Waals surface area contributed by atoms with E-state index in [2.05, 4.69) is 38.3 Å². The lowest BCUT2D eigenvalue weighted by Crippen LogP contribution is -2.40. The van der Waals surface area contributed by atoms with Crippen molar-refractivity contribution in [2.24, 2.45) is 11.7 Å². The van der Waals surface area contributed by atoms with Gasteiger partial charge in [-0.3, -0.25) is 4.79 Å². The Kier molecular flexibility index (Phi) is 9.29. The zero-order chi connectivity index (χ0) is 13.8. The van der Waals surface area contributed by atoms with Crippen molar-refractivity contribution in [1.29, 1.82) is 0 Å². The highest BCUT2D eigenvalue weighted by Crippen LogP contribution is 2.25. The molecule has 0 spiro atoms. The number of amides is 1. The van der Waals surface area contributed by atoms with Gasteiger partial charge in [0.25, 0.3) is 0 Å². The molecule has 2 atom stereocenters. The van der Waals surface area contributed by atoms with Crippen LogP contribution in [0, 0.1) is 5.92 Å². The van der Waals surface area contributed by atoms with Gasteiger partial charge in [-0.1, -0.05) is 22.0 Å². The number of nitrogens with two attached hydrogens (primary N) is 1. The average molecular weight is 399 g/mol. The number of benzene rings is 1. The summed E-state index contributed by atoms with van der Waals surface area (Å²) in [5, 5.41) is 2.91. The predicted molar refractivity (Wildman–Crippen MR) is 95.6 cm³/mol. The first-order valence-electron chi connectivity index (χ1n) is 6.60. The van der Waals surface area contributed by atoms with Crippen molar-refractivity contribution in [1.82, 2.24) is 5.32 Å². The second-order valence-electron chi connectivity index (χ2n) is 5.11. The fourth-order valence-corrected chi connectivity index (χ4v) is 2.70. The van der Waals surface area contributed by atoms with Crippen molar-refractivity contribution in [3.63, 3.8) is 0 Å². The third-order valence-electron chi connectivity index (χ3n) is 3.44. The topological polar surface area (TPSA) is 58.4 Å². The van der Waals surface area contributed by atoms with Crippen LogP contribution in [-0.4, -0.2) is 31.6 Å². The summed E-state index contributed by atoms with van der Waals surface area (Å²) in [4.78, 5) is 13.8. The van der Waals surface area contributed by atoms with E-state index in [0.717, 1.165) is 24.0 Å². The number of hydrogen-bond donors (Lipinski definition) is 2. The summed E-state index contributed by atoms with van der Waals surface area (Å²) < 4.78 is 1.10. The van der Waals surface area contributed by atoms with E-state index in [9.17, 15) is 4.79 Å². The van der Waals surface area contributed by atoms with Crippen LogP contribution < -0.4 is 16.0 Å². The van der Waals surface area contributed by atoms with Crippen molar-refractivity contribution in [3.05, 3.63) is 28.7 Å². The Morgan fingerprint density at radius 1 is 1.52 bits per heavy atom. The van der Waals surface area contributed by atoms with Gasteiger partial charge in [0, 0.05) is 29.8 Å². The van der Waals surface area contributed by atoms with E-state index < -0.39 is 6.04 Å². The Morgan fingerprint density at radius 3 is 2.86 bits per heavy atom. The first-order valence-corrected chi connectivity index (χ1v) is 7.39. The highest BCUT2D eigenvalue weighted by Gasteiger charge is 2.23. The van der Waals surface area contributed by atoms with Crippen LogP contribution in [0.15, 0.2) is 28.7 Å². The molecule has 1 aliphatic heterocycles. The number of nitrogens with one attached hydrogen (secondary N) is 1. The molecule has 21 heavy (non-hydrogen) atoms. The molecule has 0 radical (unpaired) electrons. The minimum absolute atomic E-state index is 0. The quantitative estimate of drug-likeness (QED) is 0.819. The highest BCUT2D eigenvalue weighted by molar-refractivity contribution is 9.10. The van der Waals surface area contributed by atoms with E-state index in [0.29, 0.717) is 12.5 Å². The predicted octanol–water partition coefficient (Wildman–Crippen LogP) is 2.58. The molecule has 1 aliphatic rings. The largest absolute Gasteiger partial charge is 0.371 e. The summed E-state index contributed by atoms with van der Waals surface area (Å²) in [6.45, 7) is 4.44. The number of halogens is 3. The maximum Gasteiger partial charge on any atom is 0.236 e. The smallest absolute Gasteiger partial charge is 0.236 e. The van der Waals surface area contributed by atoms with Gasteiger partial charge in [0.1, 0.15) is 0 Å². The van der Waals surface area contributed by atoms with Crippen LogP contribution in [0.25, 0.3) is 0 Å². The molecule has 2 rings (SSSR count). The molecule has 1 unspecified atom stereocenters. The molecule has 0 aromatic heterocycles. The summed E-state index contributed by atoms with van der Waals surface area (Å²) >= 11 is 3.49. The molecular formula is C14H22BrCl2N3O. The minimum Gasteiger partial charge on any atom is -0.371 e. The zero-order valence-corrected chi connectivity index (χ0v) is 15.1. The van der Waals surface area contributed by atoms with E-state index in [1.54, 1.807) is 6.92 Å². The van der Waals surface area contributed by atoms with E-state index in [4.69, 9.17) is 5.73 Å². The van der Waals surface area contributed by atoms with Gasteiger partial charge in [-0.15, -0.1) is 24.8 Å². The normalized spacial score (nSPS) is 18.4. The summed E-state index contributed by atoms with van der Waals surface area (Å²) in [5.74, 6) is 0.433. The van der Waals surface area contributed by atoms with Crippen molar-refractivity contribution in [2.45, 2.75) is 19.4 Å². The third kappa shape index (κ3) is 6.02. The van der Waals surface area contributed by atoms with E-state index >= 15 is 0 Å². The molecule has 0 saturated carbocycles. The number of hydrogen-bond acceptors (Lipinski definition) is 3. The van der Waals surface area contributed by atoms with Crippen molar-refractivity contribution >= 4 is 52.3 Å². The molecule has 120 valence electrons. The van der Waals surface area contributed by atoms with Crippen LogP contribution in [0.2, 0.25) is 0 Å². The average Bonchev–Trinajstić information content (AvgIpc) is 2.84. The Morgan fingerprint density at radius 2 is 2.24 bits per heavy atom. The molecule has 0 bridgehead atoms. The lowest BCUT2D eigenvalue weighted by atomic mass is 10.1. The van der Waals surface area contributed by atoms with Gasteiger partial charge in [-0.25, -0.2) is 0 Å². The number of nitrogens with zero attached hydrogens (tertiary/aromatic N) is 1. The lowest BCUT2D eigenvalue weighted by Gasteiger charge is -2.19.